The first-order chi connectivity index (χ1) is 15.4. The molecule has 0 bridgehead atoms. The van der Waals surface area contributed by atoms with Gasteiger partial charge in [0, 0.05) is 19.3 Å². The third-order valence-electron chi connectivity index (χ3n) is 10.2. The fraction of sp³-hybridized carbons (Fsp3) is 0.793. The molecule has 4 heteroatoms. The van der Waals surface area contributed by atoms with Gasteiger partial charge in [-0.25, -0.2) is 0 Å². The first kappa shape index (κ1) is 24.7. The van der Waals surface area contributed by atoms with Crippen LogP contribution < -0.4 is 0 Å². The van der Waals surface area contributed by atoms with Crippen LogP contribution in [0.2, 0.25) is 0 Å². The van der Waals surface area contributed by atoms with Gasteiger partial charge in [-0.3, -0.25) is 9.59 Å². The Bertz CT molecular complexity index is 863. The molecule has 0 amide bonds. The van der Waals surface area contributed by atoms with E-state index in [1.807, 2.05) is 13.0 Å². The number of ketones is 1. The quantitative estimate of drug-likeness (QED) is 0.397. The predicted molar refractivity (Wildman–Crippen MR) is 130 cm³/mol. The van der Waals surface area contributed by atoms with Crippen LogP contribution in [0.4, 0.5) is 0 Å². The Balaban J connectivity index is 1.65. The fourth-order valence-electron chi connectivity index (χ4n) is 8.80. The first-order valence-electron chi connectivity index (χ1n) is 13.2. The number of fused-ring (bicyclic) bond motifs is 5. The summed E-state index contributed by atoms with van der Waals surface area (Å²) in [5.74, 6) is 1.59. The maximum absolute atomic E-state index is 12.1. The third-order valence-corrected chi connectivity index (χ3v) is 10.2. The van der Waals surface area contributed by atoms with Crippen molar-refractivity contribution in [1.82, 2.24) is 0 Å². The molecule has 1 N–H and O–H groups in total. The summed E-state index contributed by atoms with van der Waals surface area (Å²) in [6.07, 6.45) is 12.3. The van der Waals surface area contributed by atoms with E-state index >= 15 is 0 Å². The van der Waals surface area contributed by atoms with E-state index in [9.17, 15) is 14.7 Å². The van der Waals surface area contributed by atoms with Gasteiger partial charge in [0.25, 0.3) is 0 Å². The SMILES string of the molecule is CC(=O)O[C@H]1C[C@H]2[C@@H]3CCC4=CC(=O)CC[C@]4(C)[C@H]3CC[C@]2(C)[C@H]1C(C)(O)CCC=C(C)C. The number of ether oxygens (including phenoxy) is 1. The number of hydrogen-bond donors (Lipinski definition) is 1. The van der Waals surface area contributed by atoms with E-state index in [0.717, 1.165) is 44.9 Å². The van der Waals surface area contributed by atoms with Crippen molar-refractivity contribution < 1.29 is 19.4 Å². The second-order valence-electron chi connectivity index (χ2n) is 12.6. The number of carbonyl (C=O) groups excluding carboxylic acids is 2. The summed E-state index contributed by atoms with van der Waals surface area (Å²) in [5, 5.41) is 11.8. The first-order valence-corrected chi connectivity index (χ1v) is 13.2. The van der Waals surface area contributed by atoms with Gasteiger partial charge in [-0.2, -0.15) is 0 Å². The van der Waals surface area contributed by atoms with E-state index < -0.39 is 5.60 Å². The molecule has 184 valence electrons. The van der Waals surface area contributed by atoms with E-state index in [1.54, 1.807) is 0 Å². The van der Waals surface area contributed by atoms with Crippen molar-refractivity contribution in [3.05, 3.63) is 23.3 Å². The van der Waals surface area contributed by atoms with Crippen molar-refractivity contribution >= 4 is 11.8 Å². The van der Waals surface area contributed by atoms with Crippen LogP contribution in [0.1, 0.15) is 99.3 Å². The maximum atomic E-state index is 12.1. The van der Waals surface area contributed by atoms with Crippen molar-refractivity contribution in [2.24, 2.45) is 34.5 Å². The molecule has 0 spiro atoms. The molecule has 0 heterocycles. The molecular formula is C29H44O4. The van der Waals surface area contributed by atoms with Gasteiger partial charge in [0.05, 0.1) is 5.60 Å². The second-order valence-corrected chi connectivity index (χ2v) is 12.6. The molecule has 3 fully saturated rings. The minimum atomic E-state index is -0.886. The van der Waals surface area contributed by atoms with Crippen molar-refractivity contribution in [2.45, 2.75) is 111 Å². The molecule has 0 aromatic heterocycles. The van der Waals surface area contributed by atoms with Crippen LogP contribution >= 0.6 is 0 Å². The van der Waals surface area contributed by atoms with Gasteiger partial charge in [-0.05, 0) is 107 Å². The molecule has 8 atom stereocenters. The van der Waals surface area contributed by atoms with Gasteiger partial charge in [-0.1, -0.05) is 31.1 Å². The highest BCUT2D eigenvalue weighted by molar-refractivity contribution is 5.91. The summed E-state index contributed by atoms with van der Waals surface area (Å²) >= 11 is 0. The van der Waals surface area contributed by atoms with Crippen LogP contribution in [0.3, 0.4) is 0 Å². The lowest BCUT2D eigenvalue weighted by atomic mass is 9.46. The van der Waals surface area contributed by atoms with Gasteiger partial charge in [0.15, 0.2) is 5.78 Å². The maximum Gasteiger partial charge on any atom is 0.302 e. The topological polar surface area (TPSA) is 63.6 Å². The van der Waals surface area contributed by atoms with Gasteiger partial charge in [0.1, 0.15) is 6.10 Å². The van der Waals surface area contributed by atoms with Crippen LogP contribution in [-0.2, 0) is 14.3 Å². The van der Waals surface area contributed by atoms with Crippen LogP contribution in [0.5, 0.6) is 0 Å². The van der Waals surface area contributed by atoms with Gasteiger partial charge < -0.3 is 9.84 Å². The van der Waals surface area contributed by atoms with E-state index in [4.69, 9.17) is 4.74 Å². The third kappa shape index (κ3) is 4.26. The van der Waals surface area contributed by atoms with Crippen LogP contribution in [0, 0.1) is 34.5 Å². The Labute approximate surface area is 200 Å². The van der Waals surface area contributed by atoms with Crippen LogP contribution in [-0.4, -0.2) is 28.6 Å². The fourth-order valence-corrected chi connectivity index (χ4v) is 8.80. The lowest BCUT2D eigenvalue weighted by molar-refractivity contribution is -0.161. The molecule has 1 unspecified atom stereocenters. The Morgan fingerprint density at radius 2 is 1.91 bits per heavy atom. The number of esters is 1. The molecule has 3 saturated carbocycles. The molecule has 4 nitrogen and oxygen atoms in total. The summed E-state index contributed by atoms with van der Waals surface area (Å²) in [5.41, 5.74) is 1.84. The van der Waals surface area contributed by atoms with Gasteiger partial charge in [-0.15, -0.1) is 0 Å². The molecule has 0 aromatic rings. The van der Waals surface area contributed by atoms with Gasteiger partial charge in [0.2, 0.25) is 0 Å². The minimum Gasteiger partial charge on any atom is -0.462 e. The molecule has 4 aliphatic rings. The minimum absolute atomic E-state index is 0.0438. The zero-order chi connectivity index (χ0) is 24.2. The smallest absolute Gasteiger partial charge is 0.302 e. The Morgan fingerprint density at radius 1 is 1.18 bits per heavy atom. The van der Waals surface area contributed by atoms with Crippen molar-refractivity contribution in [3.8, 4) is 0 Å². The molecule has 0 saturated heterocycles. The summed E-state index contributed by atoms with van der Waals surface area (Å²) in [7, 11) is 0. The lowest BCUT2D eigenvalue weighted by Gasteiger charge is -2.58. The molecule has 4 aliphatic carbocycles. The summed E-state index contributed by atoms with van der Waals surface area (Å²) in [6.45, 7) is 12.4. The van der Waals surface area contributed by atoms with E-state index in [-0.39, 0.29) is 28.8 Å². The number of allylic oxidation sites excluding steroid dienone is 3. The van der Waals surface area contributed by atoms with Crippen LogP contribution in [0.15, 0.2) is 23.3 Å². The summed E-state index contributed by atoms with van der Waals surface area (Å²) in [4.78, 5) is 24.2. The molecule has 4 rings (SSSR count). The van der Waals surface area contributed by atoms with Crippen molar-refractivity contribution in [1.29, 1.82) is 0 Å². The highest BCUT2D eigenvalue weighted by atomic mass is 16.5. The van der Waals surface area contributed by atoms with E-state index in [1.165, 1.54) is 18.1 Å². The molecule has 0 aliphatic heterocycles. The Morgan fingerprint density at radius 3 is 2.58 bits per heavy atom. The highest BCUT2D eigenvalue weighted by Crippen LogP contribution is 2.68. The highest BCUT2D eigenvalue weighted by Gasteiger charge is 2.65. The molecule has 33 heavy (non-hydrogen) atoms. The largest absolute Gasteiger partial charge is 0.462 e. The number of carbonyl (C=O) groups is 2. The monoisotopic (exact) mass is 456 g/mol. The molecular weight excluding hydrogens is 412 g/mol. The normalized spacial score (nSPS) is 41.7. The number of hydrogen-bond acceptors (Lipinski definition) is 4. The average molecular weight is 457 g/mol. The summed E-state index contributed by atoms with van der Waals surface area (Å²) < 4.78 is 5.95. The van der Waals surface area contributed by atoms with E-state index in [0.29, 0.717) is 36.4 Å². The molecule has 0 aromatic carbocycles. The zero-order valence-corrected chi connectivity index (χ0v) is 21.6. The zero-order valence-electron chi connectivity index (χ0n) is 21.6. The molecule has 0 radical (unpaired) electrons. The predicted octanol–water partition coefficient (Wildman–Crippen LogP) is 6.17. The van der Waals surface area contributed by atoms with E-state index in [2.05, 4.69) is 33.8 Å². The Kier molecular flexibility index (Phi) is 6.48. The summed E-state index contributed by atoms with van der Waals surface area (Å²) in [6, 6.07) is 0. The standard InChI is InChI=1S/C29H44O4/c1-18(2)8-7-13-29(6,32)26-25(33-19(3)30)17-24-22-10-9-20-16-21(31)11-14-27(20,4)23(22)12-15-28(24,26)5/h8,16,22-26,32H,7,9-15,17H2,1-6H3/t22-,23+,24+,25+,26+,27+,28+,29?/m1/s1. The average Bonchev–Trinajstić information content (AvgIpc) is 3.00. The van der Waals surface area contributed by atoms with Crippen LogP contribution in [0.25, 0.3) is 0 Å². The Hall–Kier alpha value is -1.42. The second kappa shape index (κ2) is 8.66. The van der Waals surface area contributed by atoms with Crippen molar-refractivity contribution in [3.63, 3.8) is 0 Å². The van der Waals surface area contributed by atoms with Gasteiger partial charge >= 0.3 is 5.97 Å². The number of aliphatic hydroxyl groups is 1. The number of rotatable bonds is 5. The lowest BCUT2D eigenvalue weighted by Crippen LogP contribution is -2.54. The van der Waals surface area contributed by atoms with Crippen molar-refractivity contribution in [2.75, 3.05) is 0 Å².